The Morgan fingerprint density at radius 2 is 1.94 bits per heavy atom. The summed E-state index contributed by atoms with van der Waals surface area (Å²) in [7, 11) is 0. The first-order valence-electron chi connectivity index (χ1n) is 13.7. The molecule has 4 rings (SSSR count). The number of rotatable bonds is 6. The third kappa shape index (κ3) is 4.79. The standard InChI is InChI=1S/C29H48O2/c1-19(2)8-6-7-9-22-11-13-26-25-14-12-23-18-24(31-21(4)30)16-17-29(23,5)27(25)15-10-20(3)28(22)26/h12,19-20,22,24-28H,6-11,13-18H2,1-5H3/t20-,22+,24+,25+,26?,27?,28?,29+/m1/s1. The number of allylic oxidation sites excluding steroid dienone is 1. The lowest BCUT2D eigenvalue weighted by Gasteiger charge is -2.52. The smallest absolute Gasteiger partial charge is 0.302 e. The van der Waals surface area contributed by atoms with Crippen molar-refractivity contribution in [3.63, 3.8) is 0 Å². The highest BCUT2D eigenvalue weighted by molar-refractivity contribution is 5.66. The van der Waals surface area contributed by atoms with E-state index >= 15 is 0 Å². The van der Waals surface area contributed by atoms with E-state index in [1.54, 1.807) is 12.5 Å². The SMILES string of the molecule is CC(=O)O[C@H]1CC[C@@]2(C)C(=CC[C@H]3C4CC[C@H](CCCCC(C)C)C4[C@H](C)CCC32)C1. The van der Waals surface area contributed by atoms with E-state index in [-0.39, 0.29) is 12.1 Å². The van der Waals surface area contributed by atoms with Crippen LogP contribution in [-0.2, 0) is 9.53 Å². The van der Waals surface area contributed by atoms with Crippen molar-refractivity contribution < 1.29 is 9.53 Å². The molecule has 8 atom stereocenters. The molecule has 0 saturated heterocycles. The van der Waals surface area contributed by atoms with Gasteiger partial charge in [0.1, 0.15) is 6.10 Å². The normalized spacial score (nSPS) is 42.3. The molecule has 0 amide bonds. The summed E-state index contributed by atoms with van der Waals surface area (Å²) in [6.45, 7) is 11.5. The molecule has 0 radical (unpaired) electrons. The van der Waals surface area contributed by atoms with E-state index in [1.807, 2.05) is 0 Å². The Morgan fingerprint density at radius 3 is 2.68 bits per heavy atom. The highest BCUT2D eigenvalue weighted by Crippen LogP contribution is 2.62. The predicted octanol–water partition coefficient (Wildman–Crippen LogP) is 7.96. The second-order valence-corrected chi connectivity index (χ2v) is 12.4. The van der Waals surface area contributed by atoms with Gasteiger partial charge in [-0.25, -0.2) is 0 Å². The van der Waals surface area contributed by atoms with Gasteiger partial charge in [0.25, 0.3) is 0 Å². The van der Waals surface area contributed by atoms with E-state index in [4.69, 9.17) is 4.74 Å². The molecule has 176 valence electrons. The predicted molar refractivity (Wildman–Crippen MR) is 129 cm³/mol. The first-order valence-corrected chi connectivity index (χ1v) is 13.7. The number of hydrogen-bond acceptors (Lipinski definition) is 2. The highest BCUT2D eigenvalue weighted by Gasteiger charge is 2.54. The maximum Gasteiger partial charge on any atom is 0.302 e. The lowest BCUT2D eigenvalue weighted by molar-refractivity contribution is -0.148. The second kappa shape index (κ2) is 9.60. The first kappa shape index (κ1) is 23.4. The minimum absolute atomic E-state index is 0.112. The molecule has 0 aromatic rings. The quantitative estimate of drug-likeness (QED) is 0.244. The van der Waals surface area contributed by atoms with Crippen LogP contribution in [0.5, 0.6) is 0 Å². The summed E-state index contributed by atoms with van der Waals surface area (Å²) in [6.07, 6.45) is 18.9. The van der Waals surface area contributed by atoms with E-state index in [0.717, 1.165) is 54.3 Å². The lowest BCUT2D eigenvalue weighted by atomic mass is 9.54. The molecule has 3 unspecified atom stereocenters. The fourth-order valence-corrected chi connectivity index (χ4v) is 8.66. The van der Waals surface area contributed by atoms with Gasteiger partial charge in [0.15, 0.2) is 0 Å². The Bertz CT molecular complexity index is 664. The van der Waals surface area contributed by atoms with Gasteiger partial charge in [-0.15, -0.1) is 0 Å². The molecule has 31 heavy (non-hydrogen) atoms. The van der Waals surface area contributed by atoms with Crippen LogP contribution in [0.3, 0.4) is 0 Å². The van der Waals surface area contributed by atoms with Gasteiger partial charge >= 0.3 is 5.97 Å². The molecular weight excluding hydrogens is 380 g/mol. The molecule has 3 saturated carbocycles. The highest BCUT2D eigenvalue weighted by atomic mass is 16.5. The van der Waals surface area contributed by atoms with Crippen molar-refractivity contribution in [3.8, 4) is 0 Å². The topological polar surface area (TPSA) is 26.3 Å². The molecule has 4 aliphatic rings. The zero-order valence-corrected chi connectivity index (χ0v) is 21.0. The van der Waals surface area contributed by atoms with Gasteiger partial charge in [-0.1, -0.05) is 71.4 Å². The molecule has 2 nitrogen and oxygen atoms in total. The molecule has 0 bridgehead atoms. The zero-order chi connectivity index (χ0) is 22.2. The van der Waals surface area contributed by atoms with Crippen molar-refractivity contribution in [1.29, 1.82) is 0 Å². The third-order valence-corrected chi connectivity index (χ3v) is 10.1. The van der Waals surface area contributed by atoms with Crippen LogP contribution in [0.15, 0.2) is 11.6 Å². The number of carbonyl (C=O) groups is 1. The lowest BCUT2D eigenvalue weighted by Crippen LogP contribution is -2.44. The summed E-state index contributed by atoms with van der Waals surface area (Å²) in [5.41, 5.74) is 1.98. The van der Waals surface area contributed by atoms with Crippen LogP contribution >= 0.6 is 0 Å². The van der Waals surface area contributed by atoms with Crippen LogP contribution < -0.4 is 0 Å². The monoisotopic (exact) mass is 428 g/mol. The van der Waals surface area contributed by atoms with E-state index in [0.29, 0.717) is 5.41 Å². The Morgan fingerprint density at radius 1 is 1.13 bits per heavy atom. The van der Waals surface area contributed by atoms with E-state index in [1.165, 1.54) is 64.2 Å². The van der Waals surface area contributed by atoms with Crippen LogP contribution in [0.2, 0.25) is 0 Å². The minimum atomic E-state index is -0.112. The van der Waals surface area contributed by atoms with Gasteiger partial charge in [0.2, 0.25) is 0 Å². The van der Waals surface area contributed by atoms with Crippen molar-refractivity contribution in [3.05, 3.63) is 11.6 Å². The van der Waals surface area contributed by atoms with Crippen molar-refractivity contribution in [2.45, 2.75) is 118 Å². The second-order valence-electron chi connectivity index (χ2n) is 12.4. The van der Waals surface area contributed by atoms with Gasteiger partial charge in [0, 0.05) is 13.3 Å². The Balaban J connectivity index is 1.46. The Hall–Kier alpha value is -0.790. The number of hydrogen-bond donors (Lipinski definition) is 0. The summed E-state index contributed by atoms with van der Waals surface area (Å²) in [4.78, 5) is 11.5. The van der Waals surface area contributed by atoms with Gasteiger partial charge < -0.3 is 4.74 Å². The van der Waals surface area contributed by atoms with Crippen LogP contribution in [0.25, 0.3) is 0 Å². The first-order chi connectivity index (χ1) is 14.8. The molecule has 0 aromatic carbocycles. The molecule has 0 spiro atoms. The van der Waals surface area contributed by atoms with Crippen molar-refractivity contribution >= 4 is 5.97 Å². The summed E-state index contributed by atoms with van der Waals surface area (Å²) in [5, 5.41) is 0. The van der Waals surface area contributed by atoms with Crippen LogP contribution in [0, 0.1) is 46.8 Å². The van der Waals surface area contributed by atoms with Gasteiger partial charge in [0.05, 0.1) is 0 Å². The summed E-state index contributed by atoms with van der Waals surface area (Å²) in [6, 6.07) is 0. The largest absolute Gasteiger partial charge is 0.462 e. The molecule has 2 heteroatoms. The average molecular weight is 429 g/mol. The fourth-order valence-electron chi connectivity index (χ4n) is 8.66. The van der Waals surface area contributed by atoms with E-state index < -0.39 is 0 Å². The molecule has 0 heterocycles. The maximum atomic E-state index is 11.5. The molecular formula is C29H48O2. The van der Waals surface area contributed by atoms with Crippen molar-refractivity contribution in [2.75, 3.05) is 0 Å². The average Bonchev–Trinajstić information content (AvgIpc) is 3.06. The van der Waals surface area contributed by atoms with Gasteiger partial charge in [-0.05, 0) is 85.4 Å². The minimum Gasteiger partial charge on any atom is -0.462 e. The summed E-state index contributed by atoms with van der Waals surface area (Å²) < 4.78 is 5.63. The van der Waals surface area contributed by atoms with E-state index in [2.05, 4.69) is 33.8 Å². The number of unbranched alkanes of at least 4 members (excludes halogenated alkanes) is 1. The number of esters is 1. The zero-order valence-electron chi connectivity index (χ0n) is 21.0. The third-order valence-electron chi connectivity index (χ3n) is 10.1. The molecule has 0 N–H and O–H groups in total. The van der Waals surface area contributed by atoms with Gasteiger partial charge in [-0.2, -0.15) is 0 Å². The number of ether oxygens (including phenoxy) is 1. The number of carbonyl (C=O) groups excluding carboxylic acids is 1. The Labute approximate surface area is 192 Å². The molecule has 4 aliphatic carbocycles. The Kier molecular flexibility index (Phi) is 7.24. The van der Waals surface area contributed by atoms with Crippen LogP contribution in [0.1, 0.15) is 112 Å². The van der Waals surface area contributed by atoms with Crippen LogP contribution in [0.4, 0.5) is 0 Å². The van der Waals surface area contributed by atoms with E-state index in [9.17, 15) is 4.79 Å². The van der Waals surface area contributed by atoms with Gasteiger partial charge in [-0.3, -0.25) is 4.79 Å². The summed E-state index contributed by atoms with van der Waals surface area (Å²) in [5.74, 6) is 6.32. The summed E-state index contributed by atoms with van der Waals surface area (Å²) >= 11 is 0. The maximum absolute atomic E-state index is 11.5. The van der Waals surface area contributed by atoms with Crippen molar-refractivity contribution in [1.82, 2.24) is 0 Å². The molecule has 0 aliphatic heterocycles. The number of fused-ring (bicyclic) bond motifs is 5. The molecule has 0 aromatic heterocycles. The van der Waals surface area contributed by atoms with Crippen molar-refractivity contribution in [2.24, 2.45) is 46.8 Å². The van der Waals surface area contributed by atoms with Crippen LogP contribution in [-0.4, -0.2) is 12.1 Å². The molecule has 3 fully saturated rings. The fraction of sp³-hybridized carbons (Fsp3) is 0.897.